The molecule has 2 heteroatoms. The largest absolute Gasteiger partial charge is 0.478 e. The van der Waals surface area contributed by atoms with Crippen LogP contribution in [0.1, 0.15) is 12.0 Å². The minimum absolute atomic E-state index is 0.257. The Morgan fingerprint density at radius 2 is 1.57 bits per heavy atom. The molecule has 0 heterocycles. The number of hydrogen-bond donors (Lipinski definition) is 1. The molecule has 1 N–H and O–H groups in total. The first-order valence-electron chi connectivity index (χ1n) is 6.97. The quantitative estimate of drug-likeness (QED) is 0.560. The van der Waals surface area contributed by atoms with E-state index < -0.39 is 5.97 Å². The highest BCUT2D eigenvalue weighted by atomic mass is 16.4. The van der Waals surface area contributed by atoms with E-state index in [1.165, 1.54) is 27.1 Å². The van der Waals surface area contributed by atoms with Gasteiger partial charge in [0.05, 0.1) is 0 Å². The van der Waals surface area contributed by atoms with Gasteiger partial charge in [-0.1, -0.05) is 61.2 Å². The van der Waals surface area contributed by atoms with Gasteiger partial charge in [-0.25, -0.2) is 4.79 Å². The minimum Gasteiger partial charge on any atom is -0.478 e. The van der Waals surface area contributed by atoms with Crippen LogP contribution in [0, 0.1) is 0 Å². The molecule has 0 aromatic heterocycles. The molecule has 2 nitrogen and oxygen atoms in total. The van der Waals surface area contributed by atoms with Crippen LogP contribution in [0.25, 0.3) is 21.5 Å². The molecule has 0 radical (unpaired) electrons. The highest BCUT2D eigenvalue weighted by Gasteiger charge is 2.09. The van der Waals surface area contributed by atoms with E-state index in [0.717, 1.165) is 0 Å². The first kappa shape index (κ1) is 13.4. The number of fused-ring (bicyclic) bond motifs is 3. The zero-order valence-corrected chi connectivity index (χ0v) is 11.7. The van der Waals surface area contributed by atoms with Gasteiger partial charge in [-0.3, -0.25) is 0 Å². The molecule has 0 fully saturated rings. The Bertz CT molecular complexity index is 846. The summed E-state index contributed by atoms with van der Waals surface area (Å²) in [6.07, 6.45) is 1.16. The lowest BCUT2D eigenvalue weighted by molar-refractivity contribution is -0.132. The van der Waals surface area contributed by atoms with E-state index in [4.69, 9.17) is 5.11 Å². The molecule has 0 spiro atoms. The smallest absolute Gasteiger partial charge is 0.330 e. The van der Waals surface area contributed by atoms with Crippen molar-refractivity contribution >= 4 is 27.5 Å². The summed E-state index contributed by atoms with van der Waals surface area (Å²) in [6.45, 7) is 3.61. The van der Waals surface area contributed by atoms with Gasteiger partial charge < -0.3 is 5.11 Å². The van der Waals surface area contributed by atoms with Crippen LogP contribution in [0.4, 0.5) is 0 Å². The second-order valence-corrected chi connectivity index (χ2v) is 5.21. The molecule has 0 atom stereocenters. The molecule has 0 saturated carbocycles. The maximum absolute atomic E-state index is 10.9. The molecule has 0 amide bonds. The highest BCUT2D eigenvalue weighted by molar-refractivity contribution is 6.08. The predicted molar refractivity (Wildman–Crippen MR) is 86.6 cm³/mol. The van der Waals surface area contributed by atoms with Crippen molar-refractivity contribution in [2.24, 2.45) is 0 Å². The van der Waals surface area contributed by atoms with Gasteiger partial charge in [-0.15, -0.1) is 0 Å². The van der Waals surface area contributed by atoms with Gasteiger partial charge in [-0.05, 0) is 39.9 Å². The van der Waals surface area contributed by atoms with E-state index in [-0.39, 0.29) is 5.57 Å². The third-order valence-corrected chi connectivity index (χ3v) is 3.85. The minimum atomic E-state index is -0.917. The maximum Gasteiger partial charge on any atom is 0.330 e. The zero-order chi connectivity index (χ0) is 14.8. The summed E-state index contributed by atoms with van der Waals surface area (Å²) in [6, 6.07) is 18.7. The van der Waals surface area contributed by atoms with E-state index in [2.05, 4.69) is 36.9 Å². The van der Waals surface area contributed by atoms with Gasteiger partial charge >= 0.3 is 5.97 Å². The molecule has 0 aliphatic carbocycles. The Balaban J connectivity index is 2.12. The number of hydrogen-bond acceptors (Lipinski definition) is 1. The number of benzene rings is 3. The van der Waals surface area contributed by atoms with Gasteiger partial charge in [0.25, 0.3) is 0 Å². The van der Waals surface area contributed by atoms with Gasteiger partial charge in [0, 0.05) is 5.57 Å². The first-order chi connectivity index (χ1) is 10.2. The third kappa shape index (κ3) is 2.52. The van der Waals surface area contributed by atoms with Crippen molar-refractivity contribution in [3.63, 3.8) is 0 Å². The number of aryl methyl sites for hydroxylation is 1. The second kappa shape index (κ2) is 5.41. The molecule has 0 saturated heterocycles. The molecule has 21 heavy (non-hydrogen) atoms. The normalized spacial score (nSPS) is 10.9. The van der Waals surface area contributed by atoms with Crippen molar-refractivity contribution in [2.45, 2.75) is 12.8 Å². The molecule has 3 aromatic carbocycles. The van der Waals surface area contributed by atoms with E-state index in [1.807, 2.05) is 24.3 Å². The van der Waals surface area contributed by atoms with Crippen LogP contribution >= 0.6 is 0 Å². The van der Waals surface area contributed by atoms with Crippen molar-refractivity contribution in [1.82, 2.24) is 0 Å². The van der Waals surface area contributed by atoms with Crippen molar-refractivity contribution < 1.29 is 9.90 Å². The molecule has 0 aliphatic heterocycles. The zero-order valence-electron chi connectivity index (χ0n) is 11.7. The number of carboxylic acids is 1. The third-order valence-electron chi connectivity index (χ3n) is 3.85. The molecule has 3 aromatic rings. The molecular formula is C19H16O2. The Hall–Kier alpha value is -2.61. The fourth-order valence-electron chi connectivity index (χ4n) is 2.73. The fraction of sp³-hybridized carbons (Fsp3) is 0.105. The topological polar surface area (TPSA) is 37.3 Å². The molecular weight excluding hydrogens is 260 g/mol. The average Bonchev–Trinajstić information content (AvgIpc) is 2.52. The number of carboxylic acid groups (broad SMARTS) is 1. The Labute approximate surface area is 123 Å². The number of aliphatic carboxylic acids is 1. The van der Waals surface area contributed by atoms with Crippen molar-refractivity contribution in [3.05, 3.63) is 72.3 Å². The van der Waals surface area contributed by atoms with Crippen LogP contribution in [-0.4, -0.2) is 11.1 Å². The van der Waals surface area contributed by atoms with Gasteiger partial charge in [0.15, 0.2) is 0 Å². The lowest BCUT2D eigenvalue weighted by Gasteiger charge is -2.10. The Morgan fingerprint density at radius 3 is 2.29 bits per heavy atom. The molecule has 0 aliphatic rings. The standard InChI is InChI=1S/C19H16O2/c1-13(19(20)21)10-11-15-12-14-6-2-3-7-16(14)18-9-5-4-8-17(15)18/h2-9,12H,1,10-11H2,(H,20,21). The van der Waals surface area contributed by atoms with Crippen LogP contribution in [0.15, 0.2) is 66.7 Å². The van der Waals surface area contributed by atoms with Crippen LogP contribution in [0.2, 0.25) is 0 Å². The summed E-state index contributed by atoms with van der Waals surface area (Å²) in [5.74, 6) is -0.917. The SMILES string of the molecule is C=C(CCc1cc2ccccc2c2ccccc12)C(=O)O. The van der Waals surface area contributed by atoms with Gasteiger partial charge in [0.1, 0.15) is 0 Å². The summed E-state index contributed by atoms with van der Waals surface area (Å²) in [5.41, 5.74) is 1.43. The first-order valence-corrected chi connectivity index (χ1v) is 6.97. The lowest BCUT2D eigenvalue weighted by atomic mass is 9.94. The molecule has 104 valence electrons. The highest BCUT2D eigenvalue weighted by Crippen LogP contribution is 2.29. The van der Waals surface area contributed by atoms with Crippen molar-refractivity contribution in [2.75, 3.05) is 0 Å². The number of rotatable bonds is 4. The second-order valence-electron chi connectivity index (χ2n) is 5.21. The monoisotopic (exact) mass is 276 g/mol. The lowest BCUT2D eigenvalue weighted by Crippen LogP contribution is -2.00. The molecule has 3 rings (SSSR count). The summed E-state index contributed by atoms with van der Waals surface area (Å²) in [4.78, 5) is 10.9. The fourth-order valence-corrected chi connectivity index (χ4v) is 2.73. The van der Waals surface area contributed by atoms with Crippen LogP contribution in [0.3, 0.4) is 0 Å². The van der Waals surface area contributed by atoms with Crippen LogP contribution in [-0.2, 0) is 11.2 Å². The average molecular weight is 276 g/mol. The molecule has 0 bridgehead atoms. The predicted octanol–water partition coefficient (Wildman–Crippen LogP) is 4.57. The van der Waals surface area contributed by atoms with Gasteiger partial charge in [-0.2, -0.15) is 0 Å². The summed E-state index contributed by atoms with van der Waals surface area (Å²) >= 11 is 0. The number of carbonyl (C=O) groups is 1. The Morgan fingerprint density at radius 1 is 0.952 bits per heavy atom. The van der Waals surface area contributed by atoms with Crippen molar-refractivity contribution in [3.8, 4) is 0 Å². The van der Waals surface area contributed by atoms with Crippen LogP contribution < -0.4 is 0 Å². The molecule has 0 unspecified atom stereocenters. The van der Waals surface area contributed by atoms with E-state index in [0.29, 0.717) is 12.8 Å². The van der Waals surface area contributed by atoms with E-state index >= 15 is 0 Å². The van der Waals surface area contributed by atoms with Gasteiger partial charge in [0.2, 0.25) is 0 Å². The van der Waals surface area contributed by atoms with Crippen molar-refractivity contribution in [1.29, 1.82) is 0 Å². The summed E-state index contributed by atoms with van der Waals surface area (Å²) in [7, 11) is 0. The van der Waals surface area contributed by atoms with Crippen LogP contribution in [0.5, 0.6) is 0 Å². The summed E-state index contributed by atoms with van der Waals surface area (Å²) < 4.78 is 0. The maximum atomic E-state index is 10.9. The van der Waals surface area contributed by atoms with E-state index in [9.17, 15) is 4.79 Å². The van der Waals surface area contributed by atoms with E-state index in [1.54, 1.807) is 0 Å². The Kier molecular flexibility index (Phi) is 3.44. The summed E-state index contributed by atoms with van der Waals surface area (Å²) in [5, 5.41) is 13.8.